The maximum Gasteiger partial charge on any atom is 0.208 e. The highest BCUT2D eigenvalue weighted by Crippen LogP contribution is 2.20. The van der Waals surface area contributed by atoms with Crippen molar-refractivity contribution in [1.29, 1.82) is 0 Å². The Morgan fingerprint density at radius 2 is 2.21 bits per heavy atom. The van der Waals surface area contributed by atoms with Crippen LogP contribution < -0.4 is 10.5 Å². The molecule has 2 rings (SSSR count). The van der Waals surface area contributed by atoms with Crippen LogP contribution >= 0.6 is 22.6 Å². The van der Waals surface area contributed by atoms with Crippen LogP contribution in [-0.4, -0.2) is 30.8 Å². The zero-order valence-electron chi connectivity index (χ0n) is 10.4. The van der Waals surface area contributed by atoms with E-state index in [4.69, 9.17) is 5.73 Å². The van der Waals surface area contributed by atoms with Gasteiger partial charge in [0.2, 0.25) is 16.0 Å². The molecule has 0 saturated heterocycles. The predicted molar refractivity (Wildman–Crippen MR) is 84.3 cm³/mol. The van der Waals surface area contributed by atoms with Gasteiger partial charge in [0, 0.05) is 16.7 Å². The highest BCUT2D eigenvalue weighted by Gasteiger charge is 2.08. The van der Waals surface area contributed by atoms with E-state index in [1.165, 1.54) is 0 Å². The molecule has 19 heavy (non-hydrogen) atoms. The van der Waals surface area contributed by atoms with Gasteiger partial charge >= 0.3 is 0 Å². The summed E-state index contributed by atoms with van der Waals surface area (Å²) in [6.07, 6.45) is 1.81. The number of aromatic nitrogens is 2. The Kier molecular flexibility index (Phi) is 4.31. The first-order valence-electron chi connectivity index (χ1n) is 5.73. The summed E-state index contributed by atoms with van der Waals surface area (Å²) in [5.74, 6) is 0.455. The average molecular weight is 394 g/mol. The van der Waals surface area contributed by atoms with Crippen LogP contribution in [0.5, 0.6) is 0 Å². The van der Waals surface area contributed by atoms with Crippen LogP contribution in [0.1, 0.15) is 6.42 Å². The van der Waals surface area contributed by atoms with Crippen LogP contribution in [0.4, 0.5) is 5.95 Å². The quantitative estimate of drug-likeness (QED) is 0.589. The Morgan fingerprint density at radius 3 is 2.89 bits per heavy atom. The third-order valence-electron chi connectivity index (χ3n) is 2.66. The van der Waals surface area contributed by atoms with E-state index in [9.17, 15) is 8.42 Å². The maximum absolute atomic E-state index is 11.0. The fraction of sp³-hybridized carbons (Fsp3) is 0.364. The molecule has 3 N–H and O–H groups in total. The Labute approximate surface area is 125 Å². The van der Waals surface area contributed by atoms with Crippen molar-refractivity contribution in [2.75, 3.05) is 18.5 Å². The van der Waals surface area contributed by atoms with Gasteiger partial charge in [0.05, 0.1) is 17.3 Å². The zero-order valence-corrected chi connectivity index (χ0v) is 13.4. The minimum absolute atomic E-state index is 0.391. The lowest BCUT2D eigenvalue weighted by Gasteiger charge is -2.06. The summed E-state index contributed by atoms with van der Waals surface area (Å²) in [5, 5.41) is 0. The summed E-state index contributed by atoms with van der Waals surface area (Å²) in [6, 6.07) is 5.94. The summed E-state index contributed by atoms with van der Waals surface area (Å²) in [7, 11) is -3.13. The normalized spacial score (nSPS) is 12.1. The number of benzene rings is 1. The van der Waals surface area contributed by atoms with Gasteiger partial charge in [0.15, 0.2) is 0 Å². The molecular formula is C11H15IN4O2S. The van der Waals surface area contributed by atoms with Crippen LogP contribution in [0, 0.1) is 3.57 Å². The minimum Gasteiger partial charge on any atom is -0.369 e. The number of anilines is 1. The summed E-state index contributed by atoms with van der Waals surface area (Å²) in [5.41, 5.74) is 7.71. The predicted octanol–water partition coefficient (Wildman–Crippen LogP) is 1.16. The summed E-state index contributed by atoms with van der Waals surface area (Å²) < 4.78 is 27.4. The van der Waals surface area contributed by atoms with E-state index in [-0.39, 0.29) is 0 Å². The van der Waals surface area contributed by atoms with Crippen LogP contribution in [0.3, 0.4) is 0 Å². The van der Waals surface area contributed by atoms with Crippen molar-refractivity contribution in [3.63, 3.8) is 0 Å². The number of fused-ring (bicyclic) bond motifs is 1. The molecule has 0 amide bonds. The van der Waals surface area contributed by atoms with E-state index < -0.39 is 10.0 Å². The molecule has 0 saturated carbocycles. The van der Waals surface area contributed by atoms with Crippen LogP contribution in [0.2, 0.25) is 0 Å². The largest absolute Gasteiger partial charge is 0.369 e. The van der Waals surface area contributed by atoms with Crippen molar-refractivity contribution in [2.24, 2.45) is 0 Å². The van der Waals surface area contributed by atoms with Gasteiger partial charge in [-0.2, -0.15) is 0 Å². The van der Waals surface area contributed by atoms with E-state index in [1.807, 2.05) is 22.8 Å². The number of hydrogen-bond acceptors (Lipinski definition) is 4. The lowest BCUT2D eigenvalue weighted by Crippen LogP contribution is -2.24. The number of halogens is 1. The maximum atomic E-state index is 11.0. The zero-order chi connectivity index (χ0) is 14.0. The monoisotopic (exact) mass is 394 g/mol. The molecule has 1 aromatic carbocycles. The second-order valence-electron chi connectivity index (χ2n) is 4.27. The van der Waals surface area contributed by atoms with Gasteiger partial charge < -0.3 is 10.3 Å². The van der Waals surface area contributed by atoms with Crippen LogP contribution in [0.25, 0.3) is 11.0 Å². The molecule has 1 aromatic heterocycles. The molecule has 0 aliphatic heterocycles. The van der Waals surface area contributed by atoms with Crippen molar-refractivity contribution < 1.29 is 8.42 Å². The average Bonchev–Trinajstić information content (AvgIpc) is 2.58. The van der Waals surface area contributed by atoms with Gasteiger partial charge in [-0.05, 0) is 47.2 Å². The molecule has 0 aliphatic carbocycles. The van der Waals surface area contributed by atoms with Crippen LogP contribution in [-0.2, 0) is 16.6 Å². The molecule has 8 heteroatoms. The number of nitrogen functional groups attached to an aromatic ring is 1. The molecule has 0 aliphatic rings. The van der Waals surface area contributed by atoms with E-state index in [1.54, 1.807) is 0 Å². The lowest BCUT2D eigenvalue weighted by atomic mass is 10.3. The Balaban J connectivity index is 2.10. The molecule has 0 spiro atoms. The third-order valence-corrected chi connectivity index (χ3v) is 4.06. The first kappa shape index (κ1) is 14.5. The molecule has 0 bridgehead atoms. The fourth-order valence-corrected chi connectivity index (χ4v) is 2.84. The second kappa shape index (κ2) is 5.63. The first-order chi connectivity index (χ1) is 8.87. The van der Waals surface area contributed by atoms with Crippen molar-refractivity contribution >= 4 is 49.6 Å². The second-order valence-corrected chi connectivity index (χ2v) is 7.35. The molecule has 1 heterocycles. The molecule has 0 unspecified atom stereocenters. The van der Waals surface area contributed by atoms with Crippen molar-refractivity contribution in [3.05, 3.63) is 21.8 Å². The smallest absolute Gasteiger partial charge is 0.208 e. The SMILES string of the molecule is CS(=O)(=O)NCCCn1c(N)nc2cc(I)ccc21. The Hall–Kier alpha value is -0.870. The number of sulfonamides is 1. The fourth-order valence-electron chi connectivity index (χ4n) is 1.85. The number of rotatable bonds is 5. The van der Waals surface area contributed by atoms with Crippen molar-refractivity contribution in [1.82, 2.24) is 14.3 Å². The summed E-state index contributed by atoms with van der Waals surface area (Å²) in [4.78, 5) is 4.30. The molecule has 104 valence electrons. The number of nitrogens with two attached hydrogens (primary N) is 1. The third kappa shape index (κ3) is 3.80. The van der Waals surface area contributed by atoms with Gasteiger partial charge in [-0.1, -0.05) is 0 Å². The van der Waals surface area contributed by atoms with Crippen LogP contribution in [0.15, 0.2) is 18.2 Å². The minimum atomic E-state index is -3.13. The molecule has 0 radical (unpaired) electrons. The Bertz CT molecular complexity index is 696. The number of aryl methyl sites for hydroxylation is 1. The molecule has 6 nitrogen and oxygen atoms in total. The van der Waals surface area contributed by atoms with E-state index in [0.29, 0.717) is 25.5 Å². The van der Waals surface area contributed by atoms with Gasteiger partial charge in [-0.25, -0.2) is 18.1 Å². The number of nitrogens with zero attached hydrogens (tertiary/aromatic N) is 2. The number of hydrogen-bond donors (Lipinski definition) is 2. The number of imidazole rings is 1. The molecule has 0 fully saturated rings. The van der Waals surface area contributed by atoms with E-state index >= 15 is 0 Å². The standard InChI is InChI=1S/C11H15IN4O2S/c1-19(17,18)14-5-2-6-16-10-4-3-8(12)7-9(10)15-11(16)13/h3-4,7,14H,2,5-6H2,1H3,(H2,13,15). The van der Waals surface area contributed by atoms with Crippen molar-refractivity contribution in [3.8, 4) is 0 Å². The lowest BCUT2D eigenvalue weighted by molar-refractivity contribution is 0.578. The van der Waals surface area contributed by atoms with Gasteiger partial charge in [0.1, 0.15) is 0 Å². The highest BCUT2D eigenvalue weighted by atomic mass is 127. The summed E-state index contributed by atoms with van der Waals surface area (Å²) in [6.45, 7) is 1.02. The van der Waals surface area contributed by atoms with Gasteiger partial charge in [-0.15, -0.1) is 0 Å². The van der Waals surface area contributed by atoms with Crippen molar-refractivity contribution in [2.45, 2.75) is 13.0 Å². The van der Waals surface area contributed by atoms with Gasteiger partial charge in [-0.3, -0.25) is 0 Å². The van der Waals surface area contributed by atoms with E-state index in [0.717, 1.165) is 20.9 Å². The first-order valence-corrected chi connectivity index (χ1v) is 8.70. The van der Waals surface area contributed by atoms with E-state index in [2.05, 4.69) is 32.3 Å². The Morgan fingerprint density at radius 1 is 1.47 bits per heavy atom. The molecule has 2 aromatic rings. The topological polar surface area (TPSA) is 90.0 Å². The highest BCUT2D eigenvalue weighted by molar-refractivity contribution is 14.1. The van der Waals surface area contributed by atoms with Gasteiger partial charge in [0.25, 0.3) is 0 Å². The summed E-state index contributed by atoms with van der Waals surface area (Å²) >= 11 is 2.23. The molecule has 0 atom stereocenters. The number of nitrogens with one attached hydrogen (secondary N) is 1. The molecular weight excluding hydrogens is 379 g/mol.